The van der Waals surface area contributed by atoms with E-state index in [9.17, 15) is 5.11 Å². The van der Waals surface area contributed by atoms with E-state index >= 15 is 0 Å². The Morgan fingerprint density at radius 3 is 2.50 bits per heavy atom. The van der Waals surface area contributed by atoms with Crippen molar-refractivity contribution >= 4 is 0 Å². The predicted molar refractivity (Wildman–Crippen MR) is 79.0 cm³/mol. The Morgan fingerprint density at radius 1 is 1.30 bits per heavy atom. The van der Waals surface area contributed by atoms with Crippen LogP contribution in [0.4, 0.5) is 0 Å². The van der Waals surface area contributed by atoms with Crippen LogP contribution >= 0.6 is 0 Å². The van der Waals surface area contributed by atoms with Crippen LogP contribution in [-0.4, -0.2) is 48.5 Å². The van der Waals surface area contributed by atoms with Gasteiger partial charge in [0.05, 0.1) is 26.4 Å². The molecule has 0 amide bonds. The van der Waals surface area contributed by atoms with Gasteiger partial charge in [-0.1, -0.05) is 12.1 Å². The highest BCUT2D eigenvalue weighted by atomic mass is 16.5. The van der Waals surface area contributed by atoms with E-state index in [2.05, 4.69) is 25.7 Å². The maximum absolute atomic E-state index is 10.6. The second-order valence-electron chi connectivity index (χ2n) is 6.02. The lowest BCUT2D eigenvalue weighted by Gasteiger charge is -2.46. The summed E-state index contributed by atoms with van der Waals surface area (Å²) in [5.41, 5.74) is 0.867. The van der Waals surface area contributed by atoms with Crippen molar-refractivity contribution in [3.8, 4) is 5.75 Å². The quantitative estimate of drug-likeness (QED) is 0.917. The van der Waals surface area contributed by atoms with E-state index < -0.39 is 6.10 Å². The van der Waals surface area contributed by atoms with Gasteiger partial charge in [0.25, 0.3) is 0 Å². The van der Waals surface area contributed by atoms with E-state index in [-0.39, 0.29) is 11.6 Å². The van der Waals surface area contributed by atoms with Crippen LogP contribution in [-0.2, 0) is 4.74 Å². The number of methoxy groups -OCH3 is 1. The molecular formula is C16H25NO3. The molecule has 1 saturated heterocycles. The first-order valence-corrected chi connectivity index (χ1v) is 7.12. The third kappa shape index (κ3) is 3.14. The minimum Gasteiger partial charge on any atom is -0.497 e. The molecule has 0 bridgehead atoms. The Balaban J connectivity index is 2.12. The Labute approximate surface area is 121 Å². The van der Waals surface area contributed by atoms with Gasteiger partial charge in [-0.05, 0) is 38.5 Å². The van der Waals surface area contributed by atoms with Gasteiger partial charge >= 0.3 is 0 Å². The topological polar surface area (TPSA) is 41.9 Å². The number of rotatable bonds is 4. The molecule has 0 aliphatic carbocycles. The van der Waals surface area contributed by atoms with Gasteiger partial charge < -0.3 is 14.6 Å². The average molecular weight is 279 g/mol. The molecule has 0 aromatic heterocycles. The minimum absolute atomic E-state index is 0.0438. The number of ether oxygens (including phenoxy) is 2. The molecule has 2 rings (SSSR count). The molecule has 1 aromatic carbocycles. The van der Waals surface area contributed by atoms with Crippen molar-refractivity contribution in [1.29, 1.82) is 0 Å². The molecule has 0 radical (unpaired) electrons. The van der Waals surface area contributed by atoms with Crippen LogP contribution in [0.2, 0.25) is 0 Å². The molecule has 1 heterocycles. The molecule has 2 atom stereocenters. The minimum atomic E-state index is -0.515. The van der Waals surface area contributed by atoms with Crippen molar-refractivity contribution in [2.45, 2.75) is 38.5 Å². The van der Waals surface area contributed by atoms with E-state index in [0.717, 1.165) is 24.5 Å². The first-order chi connectivity index (χ1) is 9.45. The lowest BCUT2D eigenvalue weighted by atomic mass is 9.95. The lowest BCUT2D eigenvalue weighted by molar-refractivity contribution is -0.0925. The van der Waals surface area contributed by atoms with Gasteiger partial charge in [0, 0.05) is 18.1 Å². The number of hydrogen-bond acceptors (Lipinski definition) is 4. The fourth-order valence-electron chi connectivity index (χ4n) is 2.88. The summed E-state index contributed by atoms with van der Waals surface area (Å²) >= 11 is 0. The van der Waals surface area contributed by atoms with Crippen LogP contribution < -0.4 is 4.74 Å². The number of benzene rings is 1. The Bertz CT molecular complexity index is 430. The lowest BCUT2D eigenvalue weighted by Crippen LogP contribution is -2.57. The van der Waals surface area contributed by atoms with Gasteiger partial charge in [-0.25, -0.2) is 0 Å². The summed E-state index contributed by atoms with van der Waals surface area (Å²) in [6.07, 6.45) is -0.515. The smallest absolute Gasteiger partial charge is 0.118 e. The Kier molecular flexibility index (Phi) is 4.68. The van der Waals surface area contributed by atoms with Gasteiger partial charge in [-0.3, -0.25) is 4.90 Å². The van der Waals surface area contributed by atoms with E-state index in [1.54, 1.807) is 7.11 Å². The Hall–Kier alpha value is -1.10. The van der Waals surface area contributed by atoms with Crippen molar-refractivity contribution in [3.05, 3.63) is 29.8 Å². The molecule has 4 nitrogen and oxygen atoms in total. The van der Waals surface area contributed by atoms with Crippen molar-refractivity contribution < 1.29 is 14.6 Å². The Morgan fingerprint density at radius 2 is 1.95 bits per heavy atom. The molecule has 1 aromatic rings. The molecule has 0 saturated carbocycles. The highest BCUT2D eigenvalue weighted by Gasteiger charge is 2.36. The van der Waals surface area contributed by atoms with E-state index in [4.69, 9.17) is 9.47 Å². The predicted octanol–water partition coefficient (Wildman–Crippen LogP) is 2.23. The fourth-order valence-corrected chi connectivity index (χ4v) is 2.88. The summed E-state index contributed by atoms with van der Waals surface area (Å²) < 4.78 is 10.7. The summed E-state index contributed by atoms with van der Waals surface area (Å²) in [6, 6.07) is 7.66. The van der Waals surface area contributed by atoms with Crippen LogP contribution in [0.3, 0.4) is 0 Å². The third-order valence-corrected chi connectivity index (χ3v) is 4.12. The normalized spacial score (nSPS) is 22.2. The van der Waals surface area contributed by atoms with Gasteiger partial charge in [-0.2, -0.15) is 0 Å². The maximum Gasteiger partial charge on any atom is 0.118 e. The van der Waals surface area contributed by atoms with Crippen molar-refractivity contribution in [2.75, 3.05) is 26.9 Å². The van der Waals surface area contributed by atoms with Crippen molar-refractivity contribution in [1.82, 2.24) is 4.90 Å². The first kappa shape index (κ1) is 15.3. The summed E-state index contributed by atoms with van der Waals surface area (Å²) in [6.45, 7) is 8.66. The molecular weight excluding hydrogens is 254 g/mol. The molecule has 4 heteroatoms. The monoisotopic (exact) mass is 279 g/mol. The van der Waals surface area contributed by atoms with Crippen LogP contribution in [0.25, 0.3) is 0 Å². The molecule has 2 unspecified atom stereocenters. The van der Waals surface area contributed by atoms with Crippen molar-refractivity contribution in [2.24, 2.45) is 0 Å². The number of hydrogen-bond donors (Lipinski definition) is 1. The number of aliphatic hydroxyl groups is 1. The summed E-state index contributed by atoms with van der Waals surface area (Å²) in [5.74, 6) is 0.806. The van der Waals surface area contributed by atoms with Crippen LogP contribution in [0.1, 0.15) is 32.4 Å². The zero-order chi connectivity index (χ0) is 14.8. The zero-order valence-electron chi connectivity index (χ0n) is 12.8. The highest BCUT2D eigenvalue weighted by Crippen LogP contribution is 2.29. The van der Waals surface area contributed by atoms with Gasteiger partial charge in [0.1, 0.15) is 5.75 Å². The molecule has 0 spiro atoms. The average Bonchev–Trinajstić information content (AvgIpc) is 2.45. The third-order valence-electron chi connectivity index (χ3n) is 4.12. The number of aliphatic hydroxyl groups excluding tert-OH is 1. The molecule has 1 aliphatic heterocycles. The molecule has 1 fully saturated rings. The molecule has 112 valence electrons. The molecule has 20 heavy (non-hydrogen) atoms. The zero-order valence-corrected chi connectivity index (χ0v) is 12.8. The van der Waals surface area contributed by atoms with Gasteiger partial charge in [-0.15, -0.1) is 0 Å². The number of morpholine rings is 1. The van der Waals surface area contributed by atoms with E-state index in [0.29, 0.717) is 6.61 Å². The van der Waals surface area contributed by atoms with E-state index in [1.165, 1.54) is 0 Å². The first-order valence-electron chi connectivity index (χ1n) is 7.12. The van der Waals surface area contributed by atoms with Crippen LogP contribution in [0, 0.1) is 0 Å². The van der Waals surface area contributed by atoms with Crippen LogP contribution in [0.15, 0.2) is 24.3 Å². The fraction of sp³-hybridized carbons (Fsp3) is 0.625. The number of nitrogens with zero attached hydrogens (tertiary/aromatic N) is 1. The van der Waals surface area contributed by atoms with Gasteiger partial charge in [0.15, 0.2) is 0 Å². The standard InChI is InChI=1S/C16H25NO3/c1-12(17-9-10-20-11-16(17,2)3)15(18)13-5-7-14(19-4)8-6-13/h5-8,12,15,18H,9-11H2,1-4H3. The molecule has 1 aliphatic rings. The van der Waals surface area contributed by atoms with Crippen LogP contribution in [0.5, 0.6) is 5.75 Å². The van der Waals surface area contributed by atoms with Crippen molar-refractivity contribution in [3.63, 3.8) is 0 Å². The SMILES string of the molecule is COc1ccc(C(O)C(C)N2CCOCC2(C)C)cc1. The highest BCUT2D eigenvalue weighted by molar-refractivity contribution is 5.29. The second-order valence-corrected chi connectivity index (χ2v) is 6.02. The summed E-state index contributed by atoms with van der Waals surface area (Å²) in [4.78, 5) is 2.32. The second kappa shape index (κ2) is 6.12. The maximum atomic E-state index is 10.6. The van der Waals surface area contributed by atoms with E-state index in [1.807, 2.05) is 24.3 Å². The summed E-state index contributed by atoms with van der Waals surface area (Å²) in [5, 5.41) is 10.6. The summed E-state index contributed by atoms with van der Waals surface area (Å²) in [7, 11) is 1.64. The van der Waals surface area contributed by atoms with Gasteiger partial charge in [0.2, 0.25) is 0 Å². The largest absolute Gasteiger partial charge is 0.497 e. The molecule has 1 N–H and O–H groups in total.